The van der Waals surface area contributed by atoms with Gasteiger partial charge in [0, 0.05) is 24.6 Å². The number of piperidine rings is 1. The summed E-state index contributed by atoms with van der Waals surface area (Å²) in [5.41, 5.74) is 1.03. The number of hydrogen-bond acceptors (Lipinski definition) is 4. The largest absolute Gasteiger partial charge is 0.461 e. The van der Waals surface area contributed by atoms with Gasteiger partial charge in [0.1, 0.15) is 6.61 Å². The quantitative estimate of drug-likeness (QED) is 0.801. The molecule has 20 heavy (non-hydrogen) atoms. The van der Waals surface area contributed by atoms with E-state index in [1.807, 2.05) is 21.7 Å². The van der Waals surface area contributed by atoms with Gasteiger partial charge in [0.15, 0.2) is 0 Å². The molecule has 2 aliphatic rings. The van der Waals surface area contributed by atoms with Crippen molar-refractivity contribution in [2.75, 3.05) is 13.1 Å². The maximum Gasteiger partial charge on any atom is 0.311 e. The zero-order valence-corrected chi connectivity index (χ0v) is 12.2. The molecule has 1 aromatic heterocycles. The number of thiophene rings is 1. The van der Waals surface area contributed by atoms with Gasteiger partial charge in [-0.3, -0.25) is 9.59 Å². The van der Waals surface area contributed by atoms with Crippen molar-refractivity contribution in [2.45, 2.75) is 32.3 Å². The summed E-state index contributed by atoms with van der Waals surface area (Å²) in [7, 11) is 0. The second-order valence-electron chi connectivity index (χ2n) is 5.64. The van der Waals surface area contributed by atoms with Gasteiger partial charge in [0.05, 0.1) is 5.92 Å². The fourth-order valence-electron chi connectivity index (χ4n) is 2.61. The van der Waals surface area contributed by atoms with Crippen LogP contribution in [0.2, 0.25) is 0 Å². The van der Waals surface area contributed by atoms with Crippen molar-refractivity contribution in [1.82, 2.24) is 4.90 Å². The molecule has 5 heteroatoms. The van der Waals surface area contributed by atoms with Crippen LogP contribution in [0.1, 0.15) is 31.2 Å². The SMILES string of the molecule is O=C(OCc1ccsc1)C1CCCN(C(=O)C2CC2)C1. The molecule has 3 rings (SSSR count). The standard InChI is InChI=1S/C15H19NO3S/c17-14(12-3-4-12)16-6-1-2-13(8-16)15(18)19-9-11-5-7-20-10-11/h5,7,10,12-13H,1-4,6,8-9H2. The van der Waals surface area contributed by atoms with Gasteiger partial charge in [0.2, 0.25) is 5.91 Å². The first kappa shape index (κ1) is 13.6. The van der Waals surface area contributed by atoms with Crippen molar-refractivity contribution < 1.29 is 14.3 Å². The Morgan fingerprint density at radius 2 is 2.15 bits per heavy atom. The molecule has 1 saturated carbocycles. The van der Waals surface area contributed by atoms with Crippen LogP contribution < -0.4 is 0 Å². The summed E-state index contributed by atoms with van der Waals surface area (Å²) in [6.45, 7) is 1.68. The highest BCUT2D eigenvalue weighted by molar-refractivity contribution is 7.07. The van der Waals surface area contributed by atoms with E-state index in [4.69, 9.17) is 4.74 Å². The van der Waals surface area contributed by atoms with Gasteiger partial charge in [-0.2, -0.15) is 11.3 Å². The number of hydrogen-bond donors (Lipinski definition) is 0. The van der Waals surface area contributed by atoms with Crippen molar-refractivity contribution in [3.05, 3.63) is 22.4 Å². The third-order valence-electron chi connectivity index (χ3n) is 3.95. The number of carbonyl (C=O) groups is 2. The Kier molecular flexibility index (Phi) is 4.05. The Morgan fingerprint density at radius 1 is 1.30 bits per heavy atom. The minimum absolute atomic E-state index is 0.148. The van der Waals surface area contributed by atoms with Gasteiger partial charge in [0.25, 0.3) is 0 Å². The molecular formula is C15H19NO3S. The minimum atomic E-state index is -0.163. The molecule has 1 amide bonds. The van der Waals surface area contributed by atoms with E-state index in [2.05, 4.69) is 0 Å². The van der Waals surface area contributed by atoms with Crippen LogP contribution in [0.25, 0.3) is 0 Å². The second-order valence-corrected chi connectivity index (χ2v) is 6.42. The average Bonchev–Trinajstić information content (AvgIpc) is 3.20. The molecule has 1 aliphatic heterocycles. The molecule has 0 N–H and O–H groups in total. The van der Waals surface area contributed by atoms with Crippen LogP contribution in [0.5, 0.6) is 0 Å². The van der Waals surface area contributed by atoms with Gasteiger partial charge in [-0.1, -0.05) is 0 Å². The lowest BCUT2D eigenvalue weighted by atomic mass is 9.98. The molecule has 0 spiro atoms. The van der Waals surface area contributed by atoms with Crippen molar-refractivity contribution in [3.8, 4) is 0 Å². The topological polar surface area (TPSA) is 46.6 Å². The molecule has 108 valence electrons. The number of carbonyl (C=O) groups excluding carboxylic acids is 2. The predicted octanol–water partition coefficient (Wildman–Crippen LogP) is 2.44. The summed E-state index contributed by atoms with van der Waals surface area (Å²) in [6, 6.07) is 1.96. The van der Waals surface area contributed by atoms with Crippen LogP contribution in [-0.2, 0) is 20.9 Å². The van der Waals surface area contributed by atoms with Gasteiger partial charge < -0.3 is 9.64 Å². The zero-order chi connectivity index (χ0) is 13.9. The van der Waals surface area contributed by atoms with Crippen LogP contribution in [0.3, 0.4) is 0 Å². The molecule has 4 nitrogen and oxygen atoms in total. The lowest BCUT2D eigenvalue weighted by molar-refractivity contribution is -0.153. The molecular weight excluding hydrogens is 274 g/mol. The van der Waals surface area contributed by atoms with Crippen molar-refractivity contribution in [1.29, 1.82) is 0 Å². The first-order chi connectivity index (χ1) is 9.74. The first-order valence-corrected chi connectivity index (χ1v) is 8.15. The summed E-state index contributed by atoms with van der Waals surface area (Å²) in [4.78, 5) is 26.0. The van der Waals surface area contributed by atoms with Crippen LogP contribution in [0.4, 0.5) is 0 Å². The Hall–Kier alpha value is -1.36. The molecule has 1 aliphatic carbocycles. The van der Waals surface area contributed by atoms with E-state index in [0.29, 0.717) is 13.2 Å². The number of amides is 1. The van der Waals surface area contributed by atoms with E-state index in [1.165, 1.54) is 0 Å². The van der Waals surface area contributed by atoms with Gasteiger partial charge in [-0.25, -0.2) is 0 Å². The van der Waals surface area contributed by atoms with Crippen LogP contribution in [-0.4, -0.2) is 29.9 Å². The Labute approximate surface area is 122 Å². The molecule has 1 saturated heterocycles. The number of rotatable bonds is 4. The van der Waals surface area contributed by atoms with Gasteiger partial charge in [-0.15, -0.1) is 0 Å². The fourth-order valence-corrected chi connectivity index (χ4v) is 3.26. The summed E-state index contributed by atoms with van der Waals surface area (Å²) in [5.74, 6) is 0.158. The highest BCUT2D eigenvalue weighted by Gasteiger charge is 2.37. The predicted molar refractivity (Wildman–Crippen MR) is 76.1 cm³/mol. The van der Waals surface area contributed by atoms with Gasteiger partial charge in [-0.05, 0) is 42.5 Å². The summed E-state index contributed by atoms with van der Waals surface area (Å²) < 4.78 is 5.36. The third kappa shape index (κ3) is 3.20. The highest BCUT2D eigenvalue weighted by atomic mass is 32.1. The summed E-state index contributed by atoms with van der Waals surface area (Å²) in [5, 5.41) is 3.96. The van der Waals surface area contributed by atoms with Gasteiger partial charge >= 0.3 is 5.97 Å². The van der Waals surface area contributed by atoms with E-state index in [-0.39, 0.29) is 23.7 Å². The van der Waals surface area contributed by atoms with E-state index in [0.717, 1.165) is 37.8 Å². The average molecular weight is 293 g/mol. The molecule has 1 atom stereocenters. The second kappa shape index (κ2) is 5.95. The monoisotopic (exact) mass is 293 g/mol. The maximum atomic E-state index is 12.1. The zero-order valence-electron chi connectivity index (χ0n) is 11.4. The fraction of sp³-hybridized carbons (Fsp3) is 0.600. The Bertz CT molecular complexity index is 481. The molecule has 0 radical (unpaired) electrons. The molecule has 2 heterocycles. The Balaban J connectivity index is 1.50. The van der Waals surface area contributed by atoms with Crippen LogP contribution in [0, 0.1) is 11.8 Å². The lowest BCUT2D eigenvalue weighted by Gasteiger charge is -2.31. The van der Waals surface area contributed by atoms with E-state index in [1.54, 1.807) is 11.3 Å². The lowest BCUT2D eigenvalue weighted by Crippen LogP contribution is -2.43. The molecule has 2 fully saturated rings. The van der Waals surface area contributed by atoms with Crippen molar-refractivity contribution in [2.24, 2.45) is 11.8 Å². The van der Waals surface area contributed by atoms with Crippen LogP contribution in [0.15, 0.2) is 16.8 Å². The number of nitrogens with zero attached hydrogens (tertiary/aromatic N) is 1. The molecule has 1 unspecified atom stereocenters. The number of esters is 1. The van der Waals surface area contributed by atoms with E-state index in [9.17, 15) is 9.59 Å². The van der Waals surface area contributed by atoms with Crippen molar-refractivity contribution >= 4 is 23.2 Å². The van der Waals surface area contributed by atoms with Crippen molar-refractivity contribution in [3.63, 3.8) is 0 Å². The Morgan fingerprint density at radius 3 is 2.85 bits per heavy atom. The third-order valence-corrected chi connectivity index (χ3v) is 4.69. The van der Waals surface area contributed by atoms with Crippen LogP contribution >= 0.6 is 11.3 Å². The summed E-state index contributed by atoms with van der Waals surface area (Å²) >= 11 is 1.60. The number of likely N-dealkylation sites (tertiary alicyclic amines) is 1. The minimum Gasteiger partial charge on any atom is -0.461 e. The van der Waals surface area contributed by atoms with E-state index >= 15 is 0 Å². The normalized spacial score (nSPS) is 22.6. The number of ether oxygens (including phenoxy) is 1. The molecule has 1 aromatic rings. The smallest absolute Gasteiger partial charge is 0.311 e. The molecule has 0 bridgehead atoms. The molecule has 0 aromatic carbocycles. The highest BCUT2D eigenvalue weighted by Crippen LogP contribution is 2.32. The first-order valence-electron chi connectivity index (χ1n) is 7.20. The maximum absolute atomic E-state index is 12.1. The summed E-state index contributed by atoms with van der Waals surface area (Å²) in [6.07, 6.45) is 3.76. The van der Waals surface area contributed by atoms with E-state index < -0.39 is 0 Å².